The summed E-state index contributed by atoms with van der Waals surface area (Å²) in [7, 11) is 0. The van der Waals surface area contributed by atoms with Crippen LogP contribution in [0.1, 0.15) is 31.2 Å². The summed E-state index contributed by atoms with van der Waals surface area (Å²) in [5, 5.41) is 9.20. The van der Waals surface area contributed by atoms with Crippen molar-refractivity contribution in [3.63, 3.8) is 0 Å². The van der Waals surface area contributed by atoms with Gasteiger partial charge in [-0.3, -0.25) is 9.59 Å². The van der Waals surface area contributed by atoms with E-state index >= 15 is 0 Å². The number of aliphatic carboxylic acids is 1. The maximum atomic E-state index is 13.3. The maximum absolute atomic E-state index is 13.3. The van der Waals surface area contributed by atoms with Gasteiger partial charge in [0.25, 0.3) is 0 Å². The SMILES string of the molecule is C[C@]1(C(=O)O)CCN(C(=O)[C@H]2C[C@@H]2c2ccc(F)c(F)c2)C1. The molecular weight excluding hydrogens is 292 g/mol. The van der Waals surface area contributed by atoms with Crippen LogP contribution in [0.25, 0.3) is 0 Å². The summed E-state index contributed by atoms with van der Waals surface area (Å²) < 4.78 is 26.2. The number of carboxylic acids is 1. The van der Waals surface area contributed by atoms with E-state index in [4.69, 9.17) is 0 Å². The molecule has 0 radical (unpaired) electrons. The van der Waals surface area contributed by atoms with Gasteiger partial charge < -0.3 is 10.0 Å². The lowest BCUT2D eigenvalue weighted by Gasteiger charge is -2.20. The van der Waals surface area contributed by atoms with Crippen LogP contribution in [0.2, 0.25) is 0 Å². The van der Waals surface area contributed by atoms with Crippen molar-refractivity contribution >= 4 is 11.9 Å². The van der Waals surface area contributed by atoms with E-state index in [-0.39, 0.29) is 24.3 Å². The van der Waals surface area contributed by atoms with E-state index < -0.39 is 23.0 Å². The first-order valence-electron chi connectivity index (χ1n) is 7.29. The molecule has 3 rings (SSSR count). The number of rotatable bonds is 3. The van der Waals surface area contributed by atoms with Gasteiger partial charge in [-0.15, -0.1) is 0 Å². The smallest absolute Gasteiger partial charge is 0.311 e. The Hall–Kier alpha value is -1.98. The number of nitrogens with zero attached hydrogens (tertiary/aromatic N) is 1. The van der Waals surface area contributed by atoms with E-state index in [2.05, 4.69) is 0 Å². The quantitative estimate of drug-likeness (QED) is 0.932. The molecule has 0 unspecified atom stereocenters. The third-order valence-electron chi connectivity index (χ3n) is 4.78. The Labute approximate surface area is 126 Å². The van der Waals surface area contributed by atoms with Crippen LogP contribution in [0.15, 0.2) is 18.2 Å². The molecule has 1 aliphatic carbocycles. The number of carboxylic acid groups (broad SMARTS) is 1. The molecule has 1 heterocycles. The summed E-state index contributed by atoms with van der Waals surface area (Å²) in [6.07, 6.45) is 1.04. The number of carbonyl (C=O) groups is 2. The number of hydrogen-bond donors (Lipinski definition) is 1. The zero-order chi connectivity index (χ0) is 16.1. The highest BCUT2D eigenvalue weighted by atomic mass is 19.2. The van der Waals surface area contributed by atoms with Crippen molar-refractivity contribution in [1.29, 1.82) is 0 Å². The summed E-state index contributed by atoms with van der Waals surface area (Å²) in [4.78, 5) is 25.2. The molecule has 0 bridgehead atoms. The first-order valence-corrected chi connectivity index (χ1v) is 7.29. The number of benzene rings is 1. The first-order chi connectivity index (χ1) is 10.3. The third kappa shape index (κ3) is 2.46. The Balaban J connectivity index is 1.66. The molecule has 1 amide bonds. The van der Waals surface area contributed by atoms with Crippen molar-refractivity contribution in [2.24, 2.45) is 11.3 Å². The Morgan fingerprint density at radius 2 is 2.05 bits per heavy atom. The van der Waals surface area contributed by atoms with Crippen LogP contribution in [0.5, 0.6) is 0 Å². The van der Waals surface area contributed by atoms with Gasteiger partial charge in [0.2, 0.25) is 5.91 Å². The van der Waals surface area contributed by atoms with Crippen LogP contribution in [-0.4, -0.2) is 35.0 Å². The molecule has 118 valence electrons. The molecule has 0 spiro atoms. The number of amides is 1. The molecule has 22 heavy (non-hydrogen) atoms. The number of hydrogen-bond acceptors (Lipinski definition) is 2. The van der Waals surface area contributed by atoms with Gasteiger partial charge in [-0.2, -0.15) is 0 Å². The van der Waals surface area contributed by atoms with Crippen LogP contribution in [0, 0.1) is 23.0 Å². The van der Waals surface area contributed by atoms with E-state index in [1.807, 2.05) is 0 Å². The number of halogens is 2. The third-order valence-corrected chi connectivity index (χ3v) is 4.78. The second-order valence-electron chi connectivity index (χ2n) is 6.50. The number of carbonyl (C=O) groups excluding carboxylic acids is 1. The fourth-order valence-corrected chi connectivity index (χ4v) is 3.14. The maximum Gasteiger partial charge on any atom is 0.311 e. The van der Waals surface area contributed by atoms with Gasteiger partial charge in [0.05, 0.1) is 5.41 Å². The fraction of sp³-hybridized carbons (Fsp3) is 0.500. The molecule has 1 aromatic rings. The van der Waals surface area contributed by atoms with Crippen molar-refractivity contribution in [1.82, 2.24) is 4.90 Å². The van der Waals surface area contributed by atoms with Crippen molar-refractivity contribution in [2.75, 3.05) is 13.1 Å². The largest absolute Gasteiger partial charge is 0.481 e. The minimum Gasteiger partial charge on any atom is -0.481 e. The average Bonchev–Trinajstić information content (AvgIpc) is 3.16. The van der Waals surface area contributed by atoms with E-state index in [1.165, 1.54) is 6.07 Å². The zero-order valence-electron chi connectivity index (χ0n) is 12.2. The fourth-order valence-electron chi connectivity index (χ4n) is 3.14. The molecule has 2 aliphatic rings. The van der Waals surface area contributed by atoms with Crippen molar-refractivity contribution in [3.8, 4) is 0 Å². The predicted octanol–water partition coefficient (Wildman–Crippen LogP) is 2.39. The Morgan fingerprint density at radius 3 is 2.64 bits per heavy atom. The molecule has 1 aromatic carbocycles. The molecule has 2 fully saturated rings. The van der Waals surface area contributed by atoms with Crippen LogP contribution in [0.3, 0.4) is 0 Å². The molecule has 3 atom stereocenters. The molecule has 4 nitrogen and oxygen atoms in total. The van der Waals surface area contributed by atoms with E-state index in [1.54, 1.807) is 11.8 Å². The van der Waals surface area contributed by atoms with Crippen molar-refractivity contribution in [2.45, 2.75) is 25.7 Å². The molecule has 1 N–H and O–H groups in total. The molecular formula is C16H17F2NO3. The Morgan fingerprint density at radius 1 is 1.32 bits per heavy atom. The standard InChI is InChI=1S/C16H17F2NO3/c1-16(15(21)22)4-5-19(8-16)14(20)11-7-10(11)9-2-3-12(17)13(18)6-9/h2-3,6,10-11H,4-5,7-8H2,1H3,(H,21,22)/t10-,11+,16+/m1/s1. The van der Waals surface area contributed by atoms with Crippen molar-refractivity contribution < 1.29 is 23.5 Å². The van der Waals surface area contributed by atoms with Gasteiger partial charge in [0, 0.05) is 19.0 Å². The minimum atomic E-state index is -0.907. The van der Waals surface area contributed by atoms with Gasteiger partial charge >= 0.3 is 5.97 Å². The molecule has 1 saturated carbocycles. The van der Waals surface area contributed by atoms with Gasteiger partial charge in [-0.1, -0.05) is 6.07 Å². The van der Waals surface area contributed by atoms with Gasteiger partial charge in [-0.05, 0) is 43.4 Å². The molecule has 1 aliphatic heterocycles. The van der Waals surface area contributed by atoms with Crippen LogP contribution >= 0.6 is 0 Å². The Kier molecular flexibility index (Phi) is 3.42. The van der Waals surface area contributed by atoms with Gasteiger partial charge in [0.1, 0.15) is 0 Å². The van der Waals surface area contributed by atoms with E-state index in [0.717, 1.165) is 12.1 Å². The average molecular weight is 309 g/mol. The molecule has 0 aromatic heterocycles. The predicted molar refractivity (Wildman–Crippen MR) is 74.1 cm³/mol. The second kappa shape index (κ2) is 5.04. The van der Waals surface area contributed by atoms with Gasteiger partial charge in [0.15, 0.2) is 11.6 Å². The van der Waals surface area contributed by atoms with Crippen LogP contribution in [0.4, 0.5) is 8.78 Å². The topological polar surface area (TPSA) is 57.6 Å². The lowest BCUT2D eigenvalue weighted by Crippen LogP contribution is -2.35. The lowest BCUT2D eigenvalue weighted by molar-refractivity contribution is -0.147. The summed E-state index contributed by atoms with van der Waals surface area (Å²) in [5.41, 5.74) is -0.264. The van der Waals surface area contributed by atoms with E-state index in [0.29, 0.717) is 24.9 Å². The minimum absolute atomic E-state index is 0.0836. The van der Waals surface area contributed by atoms with Crippen LogP contribution < -0.4 is 0 Å². The van der Waals surface area contributed by atoms with Crippen molar-refractivity contribution in [3.05, 3.63) is 35.4 Å². The number of likely N-dealkylation sites (tertiary alicyclic amines) is 1. The second-order valence-corrected chi connectivity index (χ2v) is 6.50. The highest BCUT2D eigenvalue weighted by Gasteiger charge is 2.50. The highest BCUT2D eigenvalue weighted by molar-refractivity contribution is 5.85. The highest BCUT2D eigenvalue weighted by Crippen LogP contribution is 2.49. The normalized spacial score (nSPS) is 30.4. The molecule has 1 saturated heterocycles. The summed E-state index contributed by atoms with van der Waals surface area (Å²) in [5.74, 6) is -3.13. The van der Waals surface area contributed by atoms with E-state index in [9.17, 15) is 23.5 Å². The monoisotopic (exact) mass is 309 g/mol. The zero-order valence-corrected chi connectivity index (χ0v) is 12.2. The van der Waals surface area contributed by atoms with Gasteiger partial charge in [-0.25, -0.2) is 8.78 Å². The summed E-state index contributed by atoms with van der Waals surface area (Å²) >= 11 is 0. The Bertz CT molecular complexity index is 648. The summed E-state index contributed by atoms with van der Waals surface area (Å²) in [6.45, 7) is 2.28. The molecule has 6 heteroatoms. The first kappa shape index (κ1) is 14.9. The summed E-state index contributed by atoms with van der Waals surface area (Å²) in [6, 6.07) is 3.71. The lowest BCUT2D eigenvalue weighted by atomic mass is 9.90. The van der Waals surface area contributed by atoms with Crippen LogP contribution in [-0.2, 0) is 9.59 Å².